The van der Waals surface area contributed by atoms with Gasteiger partial charge in [0.15, 0.2) is 0 Å². The Balaban J connectivity index is 3.20. The number of aromatic nitrogens is 2. The van der Waals surface area contributed by atoms with E-state index < -0.39 is 0 Å². The summed E-state index contributed by atoms with van der Waals surface area (Å²) < 4.78 is 2.24. The van der Waals surface area contributed by atoms with Crippen molar-refractivity contribution >= 4 is 14.0 Å². The Kier molecular flexibility index (Phi) is 7.13. The average molecular weight is 308 g/mol. The smallest absolute Gasteiger partial charge is 0.0714 e. The van der Waals surface area contributed by atoms with Gasteiger partial charge < -0.3 is 0 Å². The van der Waals surface area contributed by atoms with E-state index in [1.165, 1.54) is 25.0 Å². The molecule has 0 N–H and O–H groups in total. The molecule has 0 saturated carbocycles. The van der Waals surface area contributed by atoms with E-state index >= 15 is 0 Å². The van der Waals surface area contributed by atoms with E-state index in [0.29, 0.717) is 23.7 Å². The second-order valence-electron chi connectivity index (χ2n) is 7.57. The zero-order valence-corrected chi connectivity index (χ0v) is 16.0. The van der Waals surface area contributed by atoms with E-state index in [4.69, 9.17) is 5.10 Å². The van der Waals surface area contributed by atoms with Crippen molar-refractivity contribution in [2.24, 2.45) is 17.8 Å². The monoisotopic (exact) mass is 308 g/mol. The fourth-order valence-corrected chi connectivity index (χ4v) is 3.59. The van der Waals surface area contributed by atoms with Gasteiger partial charge in [0.2, 0.25) is 0 Å². The average Bonchev–Trinajstić information content (AvgIpc) is 2.69. The maximum absolute atomic E-state index is 4.97. The summed E-state index contributed by atoms with van der Waals surface area (Å²) in [6.45, 7) is 18.2. The molecule has 0 spiro atoms. The molecule has 1 rings (SSSR count). The molecule has 0 amide bonds. The summed E-state index contributed by atoms with van der Waals surface area (Å²) in [6, 6.07) is 0. The van der Waals surface area contributed by atoms with E-state index in [-0.39, 0.29) is 0 Å². The third kappa shape index (κ3) is 5.94. The van der Waals surface area contributed by atoms with Crippen LogP contribution < -0.4 is 0 Å². The first-order valence-corrected chi connectivity index (χ1v) is 9.22. The minimum Gasteiger partial charge on any atom is -0.220 e. The van der Waals surface area contributed by atoms with Crippen molar-refractivity contribution in [1.82, 2.24) is 9.54 Å². The molecular formula is C18H33N2P. The first kappa shape index (κ1) is 18.4. The molecule has 1 heterocycles. The highest BCUT2D eigenvalue weighted by atomic mass is 31.0. The Morgan fingerprint density at radius 3 is 2.10 bits per heavy atom. The van der Waals surface area contributed by atoms with Gasteiger partial charge in [-0.25, -0.2) is 4.44 Å². The highest BCUT2D eigenvalue weighted by molar-refractivity contribution is 7.27. The van der Waals surface area contributed by atoms with E-state index in [0.717, 1.165) is 12.8 Å². The van der Waals surface area contributed by atoms with Gasteiger partial charge in [-0.1, -0.05) is 61.5 Å². The molecule has 0 aliphatic carbocycles. The van der Waals surface area contributed by atoms with Crippen molar-refractivity contribution < 1.29 is 0 Å². The number of hydrogen-bond acceptors (Lipinski definition) is 1. The van der Waals surface area contributed by atoms with Crippen LogP contribution in [0.25, 0.3) is 5.70 Å². The molecule has 21 heavy (non-hydrogen) atoms. The molecule has 2 nitrogen and oxygen atoms in total. The van der Waals surface area contributed by atoms with Crippen LogP contribution in [-0.2, 0) is 6.42 Å². The second kappa shape index (κ2) is 8.13. The van der Waals surface area contributed by atoms with Crippen molar-refractivity contribution in [3.05, 3.63) is 17.1 Å². The summed E-state index contributed by atoms with van der Waals surface area (Å²) in [7, 11) is 1.27. The SMILES string of the molecule is CC(C)C=C(CC(C)C)n1nc(CC(C)C)c(C(C)C)p1. The molecule has 1 aromatic rings. The summed E-state index contributed by atoms with van der Waals surface area (Å²) >= 11 is 0. The van der Waals surface area contributed by atoms with Gasteiger partial charge in [0.1, 0.15) is 0 Å². The highest BCUT2D eigenvalue weighted by Gasteiger charge is 2.16. The molecule has 0 bridgehead atoms. The maximum atomic E-state index is 4.97. The fraction of sp³-hybridized carbons (Fsp3) is 0.778. The lowest BCUT2D eigenvalue weighted by Gasteiger charge is -2.11. The normalized spacial score (nSPS) is 13.6. The van der Waals surface area contributed by atoms with Crippen molar-refractivity contribution in [3.8, 4) is 0 Å². The Bertz CT molecular complexity index is 468. The van der Waals surface area contributed by atoms with Crippen molar-refractivity contribution in [3.63, 3.8) is 0 Å². The minimum absolute atomic E-state index is 0.570. The van der Waals surface area contributed by atoms with E-state index in [1.54, 1.807) is 0 Å². The van der Waals surface area contributed by atoms with Gasteiger partial charge in [-0.3, -0.25) is 0 Å². The number of rotatable bonds is 7. The summed E-state index contributed by atoms with van der Waals surface area (Å²) in [6.07, 6.45) is 4.58. The molecule has 0 unspecified atom stereocenters. The van der Waals surface area contributed by atoms with Gasteiger partial charge >= 0.3 is 0 Å². The van der Waals surface area contributed by atoms with Gasteiger partial charge in [0.25, 0.3) is 0 Å². The van der Waals surface area contributed by atoms with Crippen LogP contribution in [0.3, 0.4) is 0 Å². The van der Waals surface area contributed by atoms with Crippen LogP contribution in [0.4, 0.5) is 0 Å². The summed E-state index contributed by atoms with van der Waals surface area (Å²) in [4.78, 5) is 0. The molecule has 0 aliphatic heterocycles. The largest absolute Gasteiger partial charge is 0.220 e. The molecule has 0 fully saturated rings. The first-order valence-electron chi connectivity index (χ1n) is 8.37. The standard InChI is InChI=1S/C18H33N2P/c1-12(2)9-16(10-13(3)4)20-19-17(11-14(5)6)18(21-20)15(7)8/h9,12-15H,10-11H2,1-8H3. The first-order chi connectivity index (χ1) is 9.70. The lowest BCUT2D eigenvalue weighted by Crippen LogP contribution is -2.04. The highest BCUT2D eigenvalue weighted by Crippen LogP contribution is 2.33. The summed E-state index contributed by atoms with van der Waals surface area (Å²) in [5.74, 6) is 2.47. The molecule has 3 heteroatoms. The Labute approximate surface area is 133 Å². The van der Waals surface area contributed by atoms with Gasteiger partial charge in [0.05, 0.1) is 5.69 Å². The zero-order chi connectivity index (χ0) is 16.2. The third-order valence-electron chi connectivity index (χ3n) is 3.26. The number of allylic oxidation sites excluding steroid dienone is 2. The molecular weight excluding hydrogens is 275 g/mol. The Morgan fingerprint density at radius 2 is 1.67 bits per heavy atom. The Hall–Kier alpha value is -0.620. The topological polar surface area (TPSA) is 17.8 Å². The minimum atomic E-state index is 0.570. The predicted octanol–water partition coefficient (Wildman–Crippen LogP) is 6.33. The summed E-state index contributed by atoms with van der Waals surface area (Å²) in [5.41, 5.74) is 2.71. The van der Waals surface area contributed by atoms with Crippen LogP contribution in [-0.4, -0.2) is 9.54 Å². The molecule has 0 atom stereocenters. The fourth-order valence-electron chi connectivity index (χ4n) is 2.48. The van der Waals surface area contributed by atoms with Crippen LogP contribution in [0.5, 0.6) is 0 Å². The van der Waals surface area contributed by atoms with Crippen LogP contribution in [0.2, 0.25) is 0 Å². The van der Waals surface area contributed by atoms with Gasteiger partial charge in [0, 0.05) is 19.3 Å². The summed E-state index contributed by atoms with van der Waals surface area (Å²) in [5, 5.41) is 6.47. The van der Waals surface area contributed by atoms with Gasteiger partial charge in [-0.05, 0) is 36.5 Å². The van der Waals surface area contributed by atoms with Crippen LogP contribution >= 0.6 is 8.35 Å². The molecule has 0 aliphatic rings. The second-order valence-corrected chi connectivity index (χ2v) is 8.63. The number of hydrogen-bond donors (Lipinski definition) is 0. The van der Waals surface area contributed by atoms with Crippen LogP contribution in [0.1, 0.15) is 78.7 Å². The lowest BCUT2D eigenvalue weighted by molar-refractivity contribution is 0.614. The molecule has 0 aromatic carbocycles. The Morgan fingerprint density at radius 1 is 1.05 bits per heavy atom. The van der Waals surface area contributed by atoms with Gasteiger partial charge in [-0.15, -0.1) is 0 Å². The van der Waals surface area contributed by atoms with Gasteiger partial charge in [-0.2, -0.15) is 5.10 Å². The lowest BCUT2D eigenvalue weighted by atomic mass is 10.0. The van der Waals surface area contributed by atoms with Crippen molar-refractivity contribution in [2.45, 2.75) is 74.1 Å². The van der Waals surface area contributed by atoms with Crippen LogP contribution in [0, 0.1) is 17.8 Å². The zero-order valence-electron chi connectivity index (χ0n) is 15.1. The predicted molar refractivity (Wildman–Crippen MR) is 95.9 cm³/mol. The maximum Gasteiger partial charge on any atom is 0.0714 e. The van der Waals surface area contributed by atoms with Crippen molar-refractivity contribution in [2.75, 3.05) is 0 Å². The molecule has 120 valence electrons. The van der Waals surface area contributed by atoms with Crippen molar-refractivity contribution in [1.29, 1.82) is 0 Å². The van der Waals surface area contributed by atoms with E-state index in [2.05, 4.69) is 65.9 Å². The molecule has 0 saturated heterocycles. The van der Waals surface area contributed by atoms with E-state index in [9.17, 15) is 0 Å². The third-order valence-corrected chi connectivity index (χ3v) is 4.79. The van der Waals surface area contributed by atoms with E-state index in [1.807, 2.05) is 0 Å². The number of nitrogens with zero attached hydrogens (tertiary/aromatic N) is 2. The quantitative estimate of drug-likeness (QED) is 0.575. The molecule has 1 aromatic heterocycles. The molecule has 0 radical (unpaired) electrons. The van der Waals surface area contributed by atoms with Crippen LogP contribution in [0.15, 0.2) is 6.08 Å².